The van der Waals surface area contributed by atoms with Crippen molar-refractivity contribution < 1.29 is 85.7 Å². The lowest BCUT2D eigenvalue weighted by Gasteiger charge is -2.24. The van der Waals surface area contributed by atoms with Crippen molar-refractivity contribution >= 4 is 91.5 Å². The molecule has 0 bridgehead atoms. The molecular formula is C73H94FN7O17S. The summed E-state index contributed by atoms with van der Waals surface area (Å²) in [6.45, 7) is 11.6. The number of primary amides is 1. The molecule has 6 atom stereocenters. The van der Waals surface area contributed by atoms with Gasteiger partial charge in [-0.25, -0.2) is 17.5 Å². The second kappa shape index (κ2) is 38.2. The number of amides is 5. The predicted molar refractivity (Wildman–Crippen MR) is 367 cm³/mol. The topological polar surface area (TPSA) is 402 Å². The van der Waals surface area contributed by atoms with Gasteiger partial charge in [0.15, 0.2) is 17.3 Å². The number of Topliss-reactive ketones (excluding diaryl/α,β-unsaturated/α-hetero) is 4. The molecule has 1 heterocycles. The highest BCUT2D eigenvalue weighted by Gasteiger charge is 2.35. The monoisotopic (exact) mass is 1390 g/mol. The first-order valence-electron chi connectivity index (χ1n) is 33.3. The first-order chi connectivity index (χ1) is 46.6. The number of carboxylic acids is 3. The maximum absolute atomic E-state index is 14.7. The van der Waals surface area contributed by atoms with E-state index in [4.69, 9.17) is 5.73 Å². The van der Waals surface area contributed by atoms with Gasteiger partial charge in [-0.15, -0.1) is 0 Å². The van der Waals surface area contributed by atoms with Crippen LogP contribution in [-0.2, 0) is 86.4 Å². The number of benzene rings is 4. The van der Waals surface area contributed by atoms with Gasteiger partial charge in [-0.2, -0.15) is 0 Å². The molecule has 0 aliphatic heterocycles. The summed E-state index contributed by atoms with van der Waals surface area (Å²) in [5.74, 6) is -15.8. The number of unbranched alkanes of at least 4 members (excludes halogenated alkanes) is 3. The molecule has 5 rings (SSSR count). The number of aromatic amines is 1. The molecule has 0 radical (unpaired) electrons. The van der Waals surface area contributed by atoms with Crippen LogP contribution in [0.1, 0.15) is 177 Å². The van der Waals surface area contributed by atoms with Crippen LogP contribution < -0.4 is 31.7 Å². The van der Waals surface area contributed by atoms with E-state index in [0.29, 0.717) is 67.1 Å². The molecule has 0 unspecified atom stereocenters. The van der Waals surface area contributed by atoms with Crippen LogP contribution in [0.5, 0.6) is 0 Å². The van der Waals surface area contributed by atoms with E-state index < -0.39 is 162 Å². The van der Waals surface area contributed by atoms with E-state index >= 15 is 0 Å². The molecule has 5 amide bonds. The van der Waals surface area contributed by atoms with Crippen molar-refractivity contribution in [2.24, 2.45) is 29.4 Å². The number of halogens is 1. The van der Waals surface area contributed by atoms with Crippen LogP contribution in [0.3, 0.4) is 0 Å². The number of rotatable bonds is 44. The maximum atomic E-state index is 14.7. The number of carbonyl (C=O) groups is 12. The molecule has 24 nitrogen and oxygen atoms in total. The number of nitrogens with one attached hydrogen (secondary N) is 6. The molecule has 0 saturated carbocycles. The fourth-order valence-electron chi connectivity index (χ4n) is 11.4. The van der Waals surface area contributed by atoms with E-state index in [1.807, 2.05) is 32.9 Å². The van der Waals surface area contributed by atoms with Gasteiger partial charge < -0.3 is 47.3 Å². The first-order valence-corrected chi connectivity index (χ1v) is 34.8. The maximum Gasteiger partial charge on any atom is 0.305 e. The fraction of sp³-hybridized carbons (Fsp3) is 0.479. The number of sulfonamides is 1. The quantitative estimate of drug-likeness (QED) is 0.0166. The highest BCUT2D eigenvalue weighted by Crippen LogP contribution is 2.27. The molecule has 4 aromatic carbocycles. The third-order valence-corrected chi connectivity index (χ3v) is 18.7. The predicted octanol–water partition coefficient (Wildman–Crippen LogP) is 7.90. The van der Waals surface area contributed by atoms with Gasteiger partial charge in [0.25, 0.3) is 5.91 Å². The van der Waals surface area contributed by atoms with E-state index in [1.54, 1.807) is 54.7 Å². The average molecular weight is 1390 g/mol. The van der Waals surface area contributed by atoms with Crippen LogP contribution in [0.4, 0.5) is 4.39 Å². The van der Waals surface area contributed by atoms with Gasteiger partial charge in [0.05, 0.1) is 29.9 Å². The number of carboxylic acid groups (broad SMARTS) is 3. The number of hydrogen-bond donors (Lipinski definition) is 10. The number of ketones is 4. The second-order valence-corrected chi connectivity index (χ2v) is 29.0. The zero-order chi connectivity index (χ0) is 73.2. The number of aliphatic carboxylic acids is 3. The smallest absolute Gasteiger partial charge is 0.305 e. The summed E-state index contributed by atoms with van der Waals surface area (Å²) in [7, 11) is -4.53. The fourth-order valence-corrected chi connectivity index (χ4v) is 12.6. The minimum absolute atomic E-state index is 0.0501. The van der Waals surface area contributed by atoms with Crippen molar-refractivity contribution in [2.45, 2.75) is 185 Å². The molecule has 0 aliphatic rings. The SMILES string of the molecule is CC(C)(C)c1ccc(C(=O)NCCCC[C@H](CC(=O)CCCCCNC(=O)[C@H](CCC(=O)O)CC(=O)[C@H](Cc2c[nH]c3ccccc23)NC(=O)[C@@H](CC(=O)CNC(=O)[C@H](CCC(=O)O)CC(=O)[C@@H](CC(=O)O)NS(=O)(=O)c2ccc(C(C)(C)C)cc2)Cc2cccc(F)c2)C(N)=O)cc1. The zero-order valence-electron chi connectivity index (χ0n) is 57.0. The molecule has 0 spiro atoms. The van der Waals surface area contributed by atoms with E-state index in [-0.39, 0.29) is 71.6 Å². The van der Waals surface area contributed by atoms with Gasteiger partial charge in [-0.05, 0) is 120 Å². The third kappa shape index (κ3) is 27.5. The van der Waals surface area contributed by atoms with E-state index in [9.17, 15) is 85.7 Å². The van der Waals surface area contributed by atoms with Crippen molar-refractivity contribution in [1.29, 1.82) is 0 Å². The molecule has 26 heteroatoms. The van der Waals surface area contributed by atoms with Crippen molar-refractivity contribution in [3.8, 4) is 0 Å². The van der Waals surface area contributed by atoms with Crippen molar-refractivity contribution in [3.63, 3.8) is 0 Å². The Bertz CT molecular complexity index is 3780. The lowest BCUT2D eigenvalue weighted by molar-refractivity contribution is -0.140. The Hall–Kier alpha value is -9.30. The van der Waals surface area contributed by atoms with Crippen LogP contribution in [-0.4, -0.2) is 131 Å². The highest BCUT2D eigenvalue weighted by atomic mass is 32.2. The Balaban J connectivity index is 1.23. The van der Waals surface area contributed by atoms with E-state index in [1.165, 1.54) is 24.3 Å². The van der Waals surface area contributed by atoms with E-state index in [2.05, 4.69) is 51.7 Å². The number of hydrogen-bond acceptors (Lipinski definition) is 14. The minimum Gasteiger partial charge on any atom is -0.481 e. The van der Waals surface area contributed by atoms with Crippen molar-refractivity contribution in [1.82, 2.24) is 31.0 Å². The molecule has 0 saturated heterocycles. The minimum atomic E-state index is -4.53. The molecule has 5 aromatic rings. The first kappa shape index (κ1) is 80.4. The lowest BCUT2D eigenvalue weighted by Crippen LogP contribution is -2.47. The largest absolute Gasteiger partial charge is 0.481 e. The van der Waals surface area contributed by atoms with Crippen LogP contribution in [0.25, 0.3) is 10.9 Å². The summed E-state index contributed by atoms with van der Waals surface area (Å²) in [6, 6.07) is 22.0. The van der Waals surface area contributed by atoms with Crippen LogP contribution in [0.2, 0.25) is 0 Å². The highest BCUT2D eigenvalue weighted by molar-refractivity contribution is 7.89. The Morgan fingerprint density at radius 3 is 1.69 bits per heavy atom. The van der Waals surface area contributed by atoms with Gasteiger partial charge >= 0.3 is 17.9 Å². The van der Waals surface area contributed by atoms with Crippen LogP contribution >= 0.6 is 0 Å². The summed E-state index contributed by atoms with van der Waals surface area (Å²) < 4.78 is 43.8. The van der Waals surface area contributed by atoms with Crippen LogP contribution in [0.15, 0.2) is 108 Å². The van der Waals surface area contributed by atoms with Crippen molar-refractivity contribution in [2.75, 3.05) is 19.6 Å². The lowest BCUT2D eigenvalue weighted by atomic mass is 9.87. The average Bonchev–Trinajstić information content (AvgIpc) is 1.79. The molecule has 11 N–H and O–H groups in total. The Morgan fingerprint density at radius 2 is 1.10 bits per heavy atom. The molecule has 0 aliphatic carbocycles. The summed E-state index contributed by atoms with van der Waals surface area (Å²) in [4.78, 5) is 161. The number of carbonyl (C=O) groups excluding carboxylic acids is 9. The van der Waals surface area contributed by atoms with Gasteiger partial charge in [-0.3, -0.25) is 57.5 Å². The summed E-state index contributed by atoms with van der Waals surface area (Å²) in [5, 5.41) is 40.4. The molecule has 0 fully saturated rings. The number of H-pyrrole nitrogens is 1. The van der Waals surface area contributed by atoms with Gasteiger partial charge in [-0.1, -0.05) is 109 Å². The molecule has 536 valence electrons. The summed E-state index contributed by atoms with van der Waals surface area (Å²) in [6.07, 6.45) is -1.08. The van der Waals surface area contributed by atoms with Gasteiger partial charge in [0.1, 0.15) is 11.6 Å². The third-order valence-electron chi connectivity index (χ3n) is 17.2. The summed E-state index contributed by atoms with van der Waals surface area (Å²) >= 11 is 0. The van der Waals surface area contributed by atoms with Crippen molar-refractivity contribution in [3.05, 3.63) is 137 Å². The molecule has 99 heavy (non-hydrogen) atoms. The second-order valence-electron chi connectivity index (χ2n) is 27.3. The number of aromatic nitrogens is 1. The Kier molecular flexibility index (Phi) is 31.0. The standard InChI is InChI=1S/C73H94FN7O17S/c1-72(2,3)52-25-21-46(22-26-52)68(93)76-34-13-11-16-47(67(75)92)37-55(82)18-8-7-12-33-77-69(94)48(23-31-64(86)87)40-62(84)60(39-51-43-78-59-20-10-9-19-58(51)59)80-71(96)50(35-45-15-14-17-54(74)36-45)38-56(83)44-79-70(95)49(24-32-65(88)89)41-63(85)61(42-66(90)91)81-99(97,98)57-29-27-53(28-30-57)73(4,5)6/h9-10,14-15,17,19-22,25-30,36,43,47-50,60-61,78,81H,7-8,11-13,16,18,23-24,31-35,37-42,44H2,1-6H3,(H2,75,92)(H,76,93)(H,77,94)(H,79,95)(H,80,96)(H,86,87)(H,88,89)(H,90,91)/t47-,48-,49-,50-,60+,61-/m1/s1. The van der Waals surface area contributed by atoms with Crippen LogP contribution in [0, 0.1) is 29.5 Å². The number of para-hydroxylation sites is 1. The number of nitrogens with two attached hydrogens (primary N) is 1. The van der Waals surface area contributed by atoms with Gasteiger partial charge in [0, 0.05) is 111 Å². The summed E-state index contributed by atoms with van der Waals surface area (Å²) in [5.41, 5.74) is 9.17. The Morgan fingerprint density at radius 1 is 0.535 bits per heavy atom. The number of fused-ring (bicyclic) bond motifs is 1. The zero-order valence-corrected chi connectivity index (χ0v) is 57.9. The Labute approximate surface area is 576 Å². The normalized spacial score (nSPS) is 13.6. The molecular weight excluding hydrogens is 1300 g/mol. The van der Waals surface area contributed by atoms with E-state index in [0.717, 1.165) is 23.3 Å². The molecule has 1 aromatic heterocycles. The van der Waals surface area contributed by atoms with Gasteiger partial charge in [0.2, 0.25) is 33.7 Å².